The minimum absolute atomic E-state index is 0.234. The second-order valence-corrected chi connectivity index (χ2v) is 6.49. The molecule has 1 atom stereocenters. The molecule has 0 saturated heterocycles. The van der Waals surface area contributed by atoms with Crippen molar-refractivity contribution in [1.29, 1.82) is 0 Å². The molecule has 0 aromatic heterocycles. The van der Waals surface area contributed by atoms with E-state index in [0.717, 1.165) is 25.8 Å². The molecule has 1 amide bonds. The summed E-state index contributed by atoms with van der Waals surface area (Å²) in [5.74, 6) is 0.519. The Hall–Kier alpha value is -1.51. The fourth-order valence-corrected chi connectivity index (χ4v) is 3.58. The first kappa shape index (κ1) is 14.4. The molecule has 1 aliphatic carbocycles. The summed E-state index contributed by atoms with van der Waals surface area (Å²) in [6.07, 6.45) is 9.45. The topological polar surface area (TPSA) is 41.1 Å². The average Bonchev–Trinajstić information content (AvgIpc) is 2.46. The average molecular weight is 286 g/mol. The van der Waals surface area contributed by atoms with Crippen LogP contribution in [0.5, 0.6) is 0 Å². The van der Waals surface area contributed by atoms with E-state index in [1.54, 1.807) is 0 Å². The Bertz CT molecular complexity index is 478. The summed E-state index contributed by atoms with van der Waals surface area (Å²) >= 11 is 0. The summed E-state index contributed by atoms with van der Waals surface area (Å²) in [7, 11) is 0. The quantitative estimate of drug-likeness (QED) is 0.873. The van der Waals surface area contributed by atoms with Crippen molar-refractivity contribution >= 4 is 11.6 Å². The molecule has 1 aliphatic heterocycles. The summed E-state index contributed by atoms with van der Waals surface area (Å²) in [5.41, 5.74) is 2.53. The van der Waals surface area contributed by atoms with Crippen LogP contribution in [0.25, 0.3) is 0 Å². The van der Waals surface area contributed by atoms with Crippen molar-refractivity contribution in [2.45, 2.75) is 57.4 Å². The molecule has 1 heterocycles. The van der Waals surface area contributed by atoms with Gasteiger partial charge < -0.3 is 10.6 Å². The molecule has 3 nitrogen and oxygen atoms in total. The van der Waals surface area contributed by atoms with Crippen LogP contribution < -0.4 is 10.6 Å². The van der Waals surface area contributed by atoms with Gasteiger partial charge in [0.25, 0.3) is 0 Å². The van der Waals surface area contributed by atoms with Crippen molar-refractivity contribution in [3.8, 4) is 0 Å². The minimum Gasteiger partial charge on any atom is -0.383 e. The first-order chi connectivity index (χ1) is 10.3. The van der Waals surface area contributed by atoms with Gasteiger partial charge in [0.05, 0.1) is 6.04 Å². The summed E-state index contributed by atoms with van der Waals surface area (Å²) in [5, 5.41) is 6.70. The Morgan fingerprint density at radius 1 is 1.05 bits per heavy atom. The van der Waals surface area contributed by atoms with Gasteiger partial charge in [-0.1, -0.05) is 50.3 Å². The third-order valence-corrected chi connectivity index (χ3v) is 4.84. The largest absolute Gasteiger partial charge is 0.383 e. The molecule has 1 fully saturated rings. The Morgan fingerprint density at radius 2 is 1.76 bits per heavy atom. The smallest absolute Gasteiger partial charge is 0.223 e. The number of amides is 1. The van der Waals surface area contributed by atoms with Crippen molar-refractivity contribution < 1.29 is 4.79 Å². The predicted molar refractivity (Wildman–Crippen MR) is 86.4 cm³/mol. The van der Waals surface area contributed by atoms with E-state index >= 15 is 0 Å². The van der Waals surface area contributed by atoms with Crippen LogP contribution in [0.3, 0.4) is 0 Å². The number of anilines is 1. The summed E-state index contributed by atoms with van der Waals surface area (Å²) in [6, 6.07) is 8.62. The molecular formula is C18H26N2O. The predicted octanol–water partition coefficient (Wildman–Crippen LogP) is 3.50. The number of rotatable bonds is 2. The molecule has 3 heteroatoms. The van der Waals surface area contributed by atoms with Crippen molar-refractivity contribution in [3.63, 3.8) is 0 Å². The molecule has 1 aromatic rings. The van der Waals surface area contributed by atoms with Crippen molar-refractivity contribution in [1.82, 2.24) is 5.32 Å². The van der Waals surface area contributed by atoms with Crippen LogP contribution >= 0.6 is 0 Å². The summed E-state index contributed by atoms with van der Waals surface area (Å²) in [4.78, 5) is 12.5. The van der Waals surface area contributed by atoms with E-state index in [-0.39, 0.29) is 17.9 Å². The van der Waals surface area contributed by atoms with Crippen LogP contribution in [0.15, 0.2) is 24.3 Å². The van der Waals surface area contributed by atoms with Gasteiger partial charge in [0, 0.05) is 18.2 Å². The molecule has 1 aromatic carbocycles. The van der Waals surface area contributed by atoms with Gasteiger partial charge in [0.2, 0.25) is 5.91 Å². The highest BCUT2D eigenvalue weighted by atomic mass is 16.1. The van der Waals surface area contributed by atoms with E-state index in [9.17, 15) is 4.79 Å². The maximum atomic E-state index is 12.5. The molecule has 2 aliphatic rings. The van der Waals surface area contributed by atoms with Gasteiger partial charge in [0.15, 0.2) is 0 Å². The Kier molecular flexibility index (Phi) is 4.79. The van der Waals surface area contributed by atoms with Gasteiger partial charge in [-0.25, -0.2) is 0 Å². The lowest BCUT2D eigenvalue weighted by molar-refractivity contribution is -0.126. The van der Waals surface area contributed by atoms with Crippen LogP contribution in [0, 0.1) is 5.92 Å². The normalized spacial score (nSPS) is 23.3. The number of hydrogen-bond donors (Lipinski definition) is 2. The molecule has 1 saturated carbocycles. The molecule has 21 heavy (non-hydrogen) atoms. The third kappa shape index (κ3) is 3.78. The Labute approximate surface area is 127 Å². The number of para-hydroxylation sites is 1. The molecule has 0 bridgehead atoms. The standard InChI is InChI=1S/C18H26N2O/c21-18(14-8-4-2-1-3-5-9-14)20-16-12-15-10-6-7-11-17(15)19-13-16/h6-7,10-11,14,16,19H,1-5,8-9,12-13H2,(H,20,21). The van der Waals surface area contributed by atoms with Crippen molar-refractivity contribution in [2.24, 2.45) is 5.92 Å². The van der Waals surface area contributed by atoms with Crippen LogP contribution in [-0.4, -0.2) is 18.5 Å². The number of fused-ring (bicyclic) bond motifs is 1. The van der Waals surface area contributed by atoms with Crippen molar-refractivity contribution in [3.05, 3.63) is 29.8 Å². The molecule has 0 radical (unpaired) electrons. The van der Waals surface area contributed by atoms with Gasteiger partial charge in [-0.3, -0.25) is 4.79 Å². The Morgan fingerprint density at radius 3 is 2.57 bits per heavy atom. The number of carbonyl (C=O) groups excluding carboxylic acids is 1. The molecule has 114 valence electrons. The van der Waals surface area contributed by atoms with E-state index in [4.69, 9.17) is 0 Å². The van der Waals surface area contributed by atoms with Crippen LogP contribution in [-0.2, 0) is 11.2 Å². The zero-order valence-corrected chi connectivity index (χ0v) is 12.7. The molecular weight excluding hydrogens is 260 g/mol. The fraction of sp³-hybridized carbons (Fsp3) is 0.611. The zero-order valence-electron chi connectivity index (χ0n) is 12.7. The fourth-order valence-electron chi connectivity index (χ4n) is 3.58. The highest BCUT2D eigenvalue weighted by Gasteiger charge is 2.24. The maximum absolute atomic E-state index is 12.5. The highest BCUT2D eigenvalue weighted by molar-refractivity contribution is 5.79. The van der Waals surface area contributed by atoms with Gasteiger partial charge >= 0.3 is 0 Å². The van der Waals surface area contributed by atoms with E-state index < -0.39 is 0 Å². The minimum atomic E-state index is 0.234. The number of benzene rings is 1. The van der Waals surface area contributed by atoms with Gasteiger partial charge in [-0.15, -0.1) is 0 Å². The van der Waals surface area contributed by atoms with E-state index in [2.05, 4.69) is 34.9 Å². The lowest BCUT2D eigenvalue weighted by Crippen LogP contribution is -2.45. The zero-order chi connectivity index (χ0) is 14.5. The first-order valence-electron chi connectivity index (χ1n) is 8.45. The van der Waals surface area contributed by atoms with Crippen molar-refractivity contribution in [2.75, 3.05) is 11.9 Å². The van der Waals surface area contributed by atoms with Crippen LogP contribution in [0.4, 0.5) is 5.69 Å². The molecule has 1 unspecified atom stereocenters. The summed E-state index contributed by atoms with van der Waals surface area (Å²) < 4.78 is 0. The van der Waals surface area contributed by atoms with E-state index in [1.807, 2.05) is 0 Å². The Balaban J connectivity index is 1.55. The lowest BCUT2D eigenvalue weighted by atomic mass is 9.90. The van der Waals surface area contributed by atoms with E-state index in [0.29, 0.717) is 0 Å². The highest BCUT2D eigenvalue weighted by Crippen LogP contribution is 2.24. The number of carbonyl (C=O) groups is 1. The second-order valence-electron chi connectivity index (χ2n) is 6.49. The van der Waals surface area contributed by atoms with Gasteiger partial charge in [0.1, 0.15) is 0 Å². The number of hydrogen-bond acceptors (Lipinski definition) is 2. The number of nitrogens with one attached hydrogen (secondary N) is 2. The SMILES string of the molecule is O=C(NC1CNc2ccccc2C1)C1CCCCCCC1. The third-order valence-electron chi connectivity index (χ3n) is 4.84. The molecule has 2 N–H and O–H groups in total. The molecule has 3 rings (SSSR count). The second kappa shape index (κ2) is 6.97. The first-order valence-corrected chi connectivity index (χ1v) is 8.45. The maximum Gasteiger partial charge on any atom is 0.223 e. The van der Waals surface area contributed by atoms with Crippen LogP contribution in [0.2, 0.25) is 0 Å². The molecule has 0 spiro atoms. The summed E-state index contributed by atoms with van der Waals surface area (Å²) in [6.45, 7) is 0.843. The monoisotopic (exact) mass is 286 g/mol. The van der Waals surface area contributed by atoms with Crippen LogP contribution in [0.1, 0.15) is 50.5 Å². The lowest BCUT2D eigenvalue weighted by Gasteiger charge is -2.29. The van der Waals surface area contributed by atoms with Gasteiger partial charge in [-0.2, -0.15) is 0 Å². The van der Waals surface area contributed by atoms with E-state index in [1.165, 1.54) is 43.4 Å². The van der Waals surface area contributed by atoms with Gasteiger partial charge in [-0.05, 0) is 30.9 Å².